The van der Waals surface area contributed by atoms with E-state index in [2.05, 4.69) is 13.2 Å². The predicted octanol–water partition coefficient (Wildman–Crippen LogP) is 2.30. The van der Waals surface area contributed by atoms with E-state index >= 15 is 0 Å². The van der Waals surface area contributed by atoms with E-state index in [1.165, 1.54) is 0 Å². The van der Waals surface area contributed by atoms with Gasteiger partial charge in [-0.25, -0.2) is 0 Å². The highest BCUT2D eigenvalue weighted by molar-refractivity contribution is 5.95. The molecule has 1 unspecified atom stereocenters. The molecule has 0 aliphatic carbocycles. The van der Waals surface area contributed by atoms with Crippen molar-refractivity contribution in [2.24, 2.45) is 5.92 Å². The number of rotatable bonds is 5. The van der Waals surface area contributed by atoms with Gasteiger partial charge in [0.2, 0.25) is 0 Å². The Hall–Kier alpha value is -1.22. The van der Waals surface area contributed by atoms with Crippen LogP contribution >= 0.6 is 0 Å². The maximum Gasteiger partial charge on any atom is 0.163 e. The first kappa shape index (κ1) is 17.2. The molecule has 3 heteroatoms. The first-order chi connectivity index (χ1) is 7.27. The lowest BCUT2D eigenvalue weighted by molar-refractivity contribution is -0.119. The van der Waals surface area contributed by atoms with Crippen LogP contribution in [0.3, 0.4) is 0 Å². The highest BCUT2D eigenvalue weighted by atomic mass is 16.3. The number of hydrogen-bond acceptors (Lipinski definition) is 3. The number of carbonyl (C=O) groups excluding carboxylic acids is 2. The van der Waals surface area contributed by atoms with Gasteiger partial charge in [0, 0.05) is 12.3 Å². The number of aliphatic hydroxyl groups is 1. The molecular formula is C13H22O3. The number of Topliss-reactive ketones (excluding diaryl/α,β-unsaturated/α-hetero) is 2. The zero-order valence-electron chi connectivity index (χ0n) is 10.7. The highest BCUT2D eigenvalue weighted by Crippen LogP contribution is 2.01. The van der Waals surface area contributed by atoms with E-state index in [0.29, 0.717) is 17.6 Å². The topological polar surface area (TPSA) is 54.4 Å². The van der Waals surface area contributed by atoms with Crippen molar-refractivity contribution < 1.29 is 14.7 Å². The molecule has 0 heterocycles. The van der Waals surface area contributed by atoms with Crippen molar-refractivity contribution >= 4 is 11.6 Å². The smallest absolute Gasteiger partial charge is 0.163 e. The Morgan fingerprint density at radius 3 is 1.69 bits per heavy atom. The third kappa shape index (κ3) is 8.12. The van der Waals surface area contributed by atoms with E-state index < -0.39 is 0 Å². The number of aliphatic hydroxyl groups excluding tert-OH is 1. The lowest BCUT2D eigenvalue weighted by Gasteiger charge is -2.03. The Balaban J connectivity index is 0. The SMILES string of the molecule is C=C(C)C(=O)C(C)CO.C=C(C)C(=O)CC. The average Bonchev–Trinajstić information content (AvgIpc) is 2.26. The number of hydrogen-bond donors (Lipinski definition) is 1. The van der Waals surface area contributed by atoms with Crippen LogP contribution in [0.4, 0.5) is 0 Å². The summed E-state index contributed by atoms with van der Waals surface area (Å²) in [4.78, 5) is 21.2. The summed E-state index contributed by atoms with van der Waals surface area (Å²) in [7, 11) is 0. The fourth-order valence-electron chi connectivity index (χ4n) is 0.805. The molecule has 3 nitrogen and oxygen atoms in total. The fraction of sp³-hybridized carbons (Fsp3) is 0.538. The number of carbonyl (C=O) groups is 2. The van der Waals surface area contributed by atoms with Crippen molar-refractivity contribution in [3.8, 4) is 0 Å². The van der Waals surface area contributed by atoms with Gasteiger partial charge >= 0.3 is 0 Å². The normalized spacial score (nSPS) is 10.8. The summed E-state index contributed by atoms with van der Waals surface area (Å²) in [6, 6.07) is 0. The summed E-state index contributed by atoms with van der Waals surface area (Å²) in [5.41, 5.74) is 1.17. The van der Waals surface area contributed by atoms with Crippen LogP contribution in [-0.2, 0) is 9.59 Å². The Bertz CT molecular complexity index is 277. The van der Waals surface area contributed by atoms with Crippen molar-refractivity contribution in [2.45, 2.75) is 34.1 Å². The third-order valence-corrected chi connectivity index (χ3v) is 1.94. The second-order valence-corrected chi connectivity index (χ2v) is 3.79. The molecule has 0 saturated carbocycles. The minimum Gasteiger partial charge on any atom is -0.396 e. The molecule has 0 aromatic carbocycles. The van der Waals surface area contributed by atoms with E-state index in [1.807, 2.05) is 6.92 Å². The van der Waals surface area contributed by atoms with Gasteiger partial charge in [0.05, 0.1) is 6.61 Å². The van der Waals surface area contributed by atoms with Gasteiger partial charge in [-0.1, -0.05) is 27.0 Å². The number of ketones is 2. The molecule has 0 bridgehead atoms. The van der Waals surface area contributed by atoms with Crippen LogP contribution in [0.15, 0.2) is 24.3 Å². The summed E-state index contributed by atoms with van der Waals surface area (Å²) >= 11 is 0. The van der Waals surface area contributed by atoms with E-state index in [1.54, 1.807) is 20.8 Å². The second kappa shape index (κ2) is 9.04. The molecule has 0 aromatic rings. The summed E-state index contributed by atoms with van der Waals surface area (Å²) in [6.07, 6.45) is 0.579. The molecule has 1 atom stereocenters. The van der Waals surface area contributed by atoms with Gasteiger partial charge in [-0.05, 0) is 25.0 Å². The van der Waals surface area contributed by atoms with Crippen LogP contribution in [0.1, 0.15) is 34.1 Å². The largest absolute Gasteiger partial charge is 0.396 e. The molecule has 0 aromatic heterocycles. The molecule has 1 N–H and O–H groups in total. The van der Waals surface area contributed by atoms with Gasteiger partial charge < -0.3 is 5.11 Å². The fourth-order valence-corrected chi connectivity index (χ4v) is 0.805. The van der Waals surface area contributed by atoms with Crippen LogP contribution in [0.5, 0.6) is 0 Å². The molecule has 0 rings (SSSR count). The summed E-state index contributed by atoms with van der Waals surface area (Å²) in [5, 5.41) is 8.49. The minimum atomic E-state index is -0.289. The van der Waals surface area contributed by atoms with Gasteiger partial charge in [-0.3, -0.25) is 9.59 Å². The van der Waals surface area contributed by atoms with Crippen LogP contribution < -0.4 is 0 Å². The van der Waals surface area contributed by atoms with E-state index in [9.17, 15) is 9.59 Å². The Kier molecular flexibility index (Phi) is 9.71. The highest BCUT2D eigenvalue weighted by Gasteiger charge is 2.10. The Morgan fingerprint density at radius 2 is 1.62 bits per heavy atom. The second-order valence-electron chi connectivity index (χ2n) is 3.79. The lowest BCUT2D eigenvalue weighted by atomic mass is 10.0. The molecule has 0 spiro atoms. The van der Waals surface area contributed by atoms with Crippen LogP contribution in [-0.4, -0.2) is 23.3 Å². The van der Waals surface area contributed by atoms with Crippen LogP contribution in [0, 0.1) is 5.92 Å². The van der Waals surface area contributed by atoms with E-state index in [4.69, 9.17) is 5.11 Å². The number of allylic oxidation sites excluding steroid dienone is 2. The Labute approximate surface area is 97.9 Å². The Morgan fingerprint density at radius 1 is 1.19 bits per heavy atom. The molecular weight excluding hydrogens is 204 g/mol. The first-order valence-electron chi connectivity index (χ1n) is 5.27. The van der Waals surface area contributed by atoms with Crippen molar-refractivity contribution in [1.82, 2.24) is 0 Å². The molecule has 0 aliphatic heterocycles. The van der Waals surface area contributed by atoms with Crippen molar-refractivity contribution in [3.05, 3.63) is 24.3 Å². The summed E-state index contributed by atoms with van der Waals surface area (Å²) < 4.78 is 0. The molecule has 0 saturated heterocycles. The zero-order valence-corrected chi connectivity index (χ0v) is 10.7. The van der Waals surface area contributed by atoms with Crippen molar-refractivity contribution in [3.63, 3.8) is 0 Å². The zero-order chi connectivity index (χ0) is 13.3. The van der Waals surface area contributed by atoms with Crippen LogP contribution in [0.2, 0.25) is 0 Å². The molecule has 92 valence electrons. The average molecular weight is 226 g/mol. The van der Waals surface area contributed by atoms with Gasteiger partial charge in [0.15, 0.2) is 11.6 Å². The standard InChI is InChI=1S/C7H12O2.C6H10O/c1-5(2)7(9)6(3)4-8;1-4-6(7)5(2)3/h6,8H,1,4H2,2-3H3;2,4H2,1,3H3. The predicted molar refractivity (Wildman–Crippen MR) is 66.2 cm³/mol. The maximum atomic E-state index is 10.8. The van der Waals surface area contributed by atoms with E-state index in [0.717, 1.165) is 0 Å². The molecule has 0 aliphatic rings. The molecule has 0 fully saturated rings. The van der Waals surface area contributed by atoms with Crippen molar-refractivity contribution in [2.75, 3.05) is 6.61 Å². The minimum absolute atomic E-state index is 0.0579. The van der Waals surface area contributed by atoms with Gasteiger partial charge in [0.25, 0.3) is 0 Å². The lowest BCUT2D eigenvalue weighted by Crippen LogP contribution is -2.14. The molecule has 0 radical (unpaired) electrons. The summed E-state index contributed by atoms with van der Waals surface area (Å²) in [5.74, 6) is -0.194. The van der Waals surface area contributed by atoms with Crippen molar-refractivity contribution in [1.29, 1.82) is 0 Å². The van der Waals surface area contributed by atoms with E-state index in [-0.39, 0.29) is 24.1 Å². The quantitative estimate of drug-likeness (QED) is 0.732. The maximum absolute atomic E-state index is 10.8. The summed E-state index contributed by atoms with van der Waals surface area (Å²) in [6.45, 7) is 13.7. The van der Waals surface area contributed by atoms with Gasteiger partial charge in [-0.15, -0.1) is 0 Å². The first-order valence-corrected chi connectivity index (χ1v) is 5.27. The van der Waals surface area contributed by atoms with Gasteiger partial charge in [0.1, 0.15) is 0 Å². The van der Waals surface area contributed by atoms with Gasteiger partial charge in [-0.2, -0.15) is 0 Å². The third-order valence-electron chi connectivity index (χ3n) is 1.94. The van der Waals surface area contributed by atoms with Crippen LogP contribution in [0.25, 0.3) is 0 Å². The molecule has 0 amide bonds. The monoisotopic (exact) mass is 226 g/mol. The molecule has 16 heavy (non-hydrogen) atoms.